The summed E-state index contributed by atoms with van der Waals surface area (Å²) in [5, 5.41) is 3.80. The van der Waals surface area contributed by atoms with Gasteiger partial charge in [0.1, 0.15) is 0 Å². The number of thiazole rings is 1. The van der Waals surface area contributed by atoms with Crippen LogP contribution >= 0.6 is 11.3 Å². The highest BCUT2D eigenvalue weighted by Gasteiger charge is 2.13. The average molecular weight is 374 g/mol. The van der Waals surface area contributed by atoms with Gasteiger partial charge in [-0.15, -0.1) is 11.3 Å². The first kappa shape index (κ1) is 17.2. The largest absolute Gasteiger partial charge is 0.462 e. The van der Waals surface area contributed by atoms with Crippen LogP contribution in [0.15, 0.2) is 77.4 Å². The van der Waals surface area contributed by atoms with Crippen LogP contribution in [0.4, 0.5) is 0 Å². The molecular formula is C22H18N2O2S. The number of carbonyl (C=O) groups excluding carboxylic acids is 1. The minimum absolute atomic E-state index is 0.0954. The van der Waals surface area contributed by atoms with Crippen molar-refractivity contribution in [3.05, 3.63) is 89.1 Å². The molecule has 1 N–H and O–H groups in total. The molecule has 0 atom stereocenters. The van der Waals surface area contributed by atoms with Crippen molar-refractivity contribution in [1.82, 2.24) is 10.3 Å². The van der Waals surface area contributed by atoms with Gasteiger partial charge in [-0.05, 0) is 42.3 Å². The molecular weight excluding hydrogens is 356 g/mol. The molecule has 4 aromatic rings. The third-order valence-electron chi connectivity index (χ3n) is 4.29. The zero-order valence-electron chi connectivity index (χ0n) is 14.8. The highest BCUT2D eigenvalue weighted by atomic mass is 32.1. The Morgan fingerprint density at radius 1 is 1.00 bits per heavy atom. The molecule has 0 radical (unpaired) electrons. The van der Waals surface area contributed by atoms with Gasteiger partial charge >= 0.3 is 0 Å². The predicted molar refractivity (Wildman–Crippen MR) is 108 cm³/mol. The van der Waals surface area contributed by atoms with Gasteiger partial charge in [-0.3, -0.25) is 4.79 Å². The molecule has 0 unspecified atom stereocenters. The van der Waals surface area contributed by atoms with Gasteiger partial charge in [0.2, 0.25) is 0 Å². The van der Waals surface area contributed by atoms with Crippen molar-refractivity contribution in [2.24, 2.45) is 0 Å². The van der Waals surface area contributed by atoms with Crippen LogP contribution in [0, 0.1) is 6.92 Å². The molecule has 0 aliphatic heterocycles. The lowest BCUT2D eigenvalue weighted by atomic mass is 10.0. The van der Waals surface area contributed by atoms with E-state index < -0.39 is 0 Å². The number of rotatable bonds is 5. The SMILES string of the molecule is Cc1nc(-c2ccco2)sc1CNC(=O)c1ccc(-c2ccccc2)cc1. The fourth-order valence-electron chi connectivity index (χ4n) is 2.80. The summed E-state index contributed by atoms with van der Waals surface area (Å²) in [6.07, 6.45) is 1.63. The molecule has 5 heteroatoms. The number of furan rings is 1. The van der Waals surface area contributed by atoms with Crippen molar-refractivity contribution in [2.75, 3.05) is 0 Å². The number of aryl methyl sites for hydroxylation is 1. The minimum Gasteiger partial charge on any atom is -0.462 e. The van der Waals surface area contributed by atoms with Crippen molar-refractivity contribution in [1.29, 1.82) is 0 Å². The standard InChI is InChI=1S/C22H18N2O2S/c1-15-20(27-22(24-15)19-8-5-13-26-19)14-23-21(25)18-11-9-17(10-12-18)16-6-3-2-4-7-16/h2-13H,14H2,1H3,(H,23,25). The zero-order chi connectivity index (χ0) is 18.6. The van der Waals surface area contributed by atoms with Crippen LogP contribution in [0.5, 0.6) is 0 Å². The Labute approximate surface area is 161 Å². The number of aromatic nitrogens is 1. The van der Waals surface area contributed by atoms with Crippen molar-refractivity contribution < 1.29 is 9.21 Å². The van der Waals surface area contributed by atoms with E-state index in [-0.39, 0.29) is 5.91 Å². The molecule has 0 fully saturated rings. The third kappa shape index (κ3) is 3.83. The lowest BCUT2D eigenvalue weighted by Crippen LogP contribution is -2.22. The van der Waals surface area contributed by atoms with Crippen molar-refractivity contribution in [3.8, 4) is 21.9 Å². The normalized spacial score (nSPS) is 10.7. The van der Waals surface area contributed by atoms with E-state index in [9.17, 15) is 4.79 Å². The predicted octanol–water partition coefficient (Wildman–Crippen LogP) is 5.31. The quantitative estimate of drug-likeness (QED) is 0.515. The molecule has 134 valence electrons. The van der Waals surface area contributed by atoms with Crippen LogP contribution in [0.1, 0.15) is 20.9 Å². The third-order valence-corrected chi connectivity index (χ3v) is 5.46. The van der Waals surface area contributed by atoms with Crippen LogP contribution in [0.25, 0.3) is 21.9 Å². The number of benzene rings is 2. The van der Waals surface area contributed by atoms with Crippen LogP contribution < -0.4 is 5.32 Å². The Kier molecular flexibility index (Phi) is 4.85. The fourth-order valence-corrected chi connectivity index (χ4v) is 3.78. The summed E-state index contributed by atoms with van der Waals surface area (Å²) in [6.45, 7) is 2.39. The number of nitrogens with zero attached hydrogens (tertiary/aromatic N) is 1. The summed E-state index contributed by atoms with van der Waals surface area (Å²) >= 11 is 1.53. The van der Waals surface area contributed by atoms with Gasteiger partial charge in [0.05, 0.1) is 18.5 Å². The van der Waals surface area contributed by atoms with Crippen LogP contribution in [-0.4, -0.2) is 10.9 Å². The molecule has 1 amide bonds. The molecule has 0 aliphatic carbocycles. The molecule has 0 aliphatic rings. The molecule has 0 saturated heterocycles. The molecule has 0 bridgehead atoms. The van der Waals surface area contributed by atoms with E-state index in [1.165, 1.54) is 11.3 Å². The summed E-state index contributed by atoms with van der Waals surface area (Å²) in [4.78, 5) is 18.0. The van der Waals surface area contributed by atoms with Crippen LogP contribution in [0.2, 0.25) is 0 Å². The molecule has 0 spiro atoms. The van der Waals surface area contributed by atoms with Gasteiger partial charge in [-0.25, -0.2) is 4.98 Å². The Morgan fingerprint density at radius 3 is 2.44 bits per heavy atom. The number of hydrogen-bond donors (Lipinski definition) is 1. The monoisotopic (exact) mass is 374 g/mol. The summed E-state index contributed by atoms with van der Waals surface area (Å²) in [7, 11) is 0. The Balaban J connectivity index is 1.42. The zero-order valence-corrected chi connectivity index (χ0v) is 15.6. The first-order valence-electron chi connectivity index (χ1n) is 8.64. The topological polar surface area (TPSA) is 55.1 Å². The molecule has 4 nitrogen and oxygen atoms in total. The second-order valence-corrected chi connectivity index (χ2v) is 7.21. The number of carbonyl (C=O) groups is 1. The lowest BCUT2D eigenvalue weighted by Gasteiger charge is -2.06. The van der Waals surface area contributed by atoms with Crippen LogP contribution in [0.3, 0.4) is 0 Å². The molecule has 2 aromatic carbocycles. The molecule has 2 aromatic heterocycles. The second kappa shape index (κ2) is 7.60. The van der Waals surface area contributed by atoms with Gasteiger partial charge in [0, 0.05) is 10.4 Å². The van der Waals surface area contributed by atoms with Crippen molar-refractivity contribution in [2.45, 2.75) is 13.5 Å². The van der Waals surface area contributed by atoms with Gasteiger partial charge in [-0.2, -0.15) is 0 Å². The maximum Gasteiger partial charge on any atom is 0.251 e. The molecule has 0 saturated carbocycles. The molecule has 4 rings (SSSR count). The lowest BCUT2D eigenvalue weighted by molar-refractivity contribution is 0.0951. The van der Waals surface area contributed by atoms with Gasteiger partial charge < -0.3 is 9.73 Å². The van der Waals surface area contributed by atoms with Gasteiger partial charge in [0.15, 0.2) is 10.8 Å². The van der Waals surface area contributed by atoms with E-state index in [1.807, 2.05) is 61.5 Å². The molecule has 2 heterocycles. The Hall–Kier alpha value is -3.18. The number of hydrogen-bond acceptors (Lipinski definition) is 4. The summed E-state index contributed by atoms with van der Waals surface area (Å²) in [5.74, 6) is 0.652. The maximum atomic E-state index is 12.5. The summed E-state index contributed by atoms with van der Waals surface area (Å²) in [5.41, 5.74) is 3.78. The van der Waals surface area contributed by atoms with Crippen molar-refractivity contribution >= 4 is 17.2 Å². The van der Waals surface area contributed by atoms with E-state index in [1.54, 1.807) is 6.26 Å². The van der Waals surface area contributed by atoms with E-state index in [4.69, 9.17) is 4.42 Å². The second-order valence-electron chi connectivity index (χ2n) is 6.13. The van der Waals surface area contributed by atoms with E-state index >= 15 is 0 Å². The van der Waals surface area contributed by atoms with E-state index in [2.05, 4.69) is 22.4 Å². The highest BCUT2D eigenvalue weighted by molar-refractivity contribution is 7.15. The molecule has 27 heavy (non-hydrogen) atoms. The Morgan fingerprint density at radius 2 is 1.74 bits per heavy atom. The summed E-state index contributed by atoms with van der Waals surface area (Å²) in [6, 6.07) is 21.5. The minimum atomic E-state index is -0.0954. The summed E-state index contributed by atoms with van der Waals surface area (Å²) < 4.78 is 5.39. The first-order chi connectivity index (χ1) is 13.2. The highest BCUT2D eigenvalue weighted by Crippen LogP contribution is 2.28. The number of amides is 1. The number of nitrogens with one attached hydrogen (secondary N) is 1. The Bertz CT molecular complexity index is 1040. The smallest absolute Gasteiger partial charge is 0.251 e. The van der Waals surface area contributed by atoms with Crippen LogP contribution in [-0.2, 0) is 6.54 Å². The van der Waals surface area contributed by atoms with E-state index in [0.29, 0.717) is 12.1 Å². The maximum absolute atomic E-state index is 12.5. The van der Waals surface area contributed by atoms with E-state index in [0.717, 1.165) is 32.5 Å². The van der Waals surface area contributed by atoms with Gasteiger partial charge in [0.25, 0.3) is 5.91 Å². The fraction of sp³-hybridized carbons (Fsp3) is 0.0909. The van der Waals surface area contributed by atoms with Crippen molar-refractivity contribution in [3.63, 3.8) is 0 Å². The van der Waals surface area contributed by atoms with Gasteiger partial charge in [-0.1, -0.05) is 42.5 Å². The average Bonchev–Trinajstić information content (AvgIpc) is 3.37. The first-order valence-corrected chi connectivity index (χ1v) is 9.46.